The molecule has 0 aromatic heterocycles. The van der Waals surface area contributed by atoms with Crippen LogP contribution in [0.1, 0.15) is 20.8 Å². The molecule has 0 fully saturated rings. The second-order valence-corrected chi connectivity index (χ2v) is 1.72. The third kappa shape index (κ3) is 8.39. The number of nitrogens with two attached hydrogens (primary N) is 2. The fourth-order valence-electron chi connectivity index (χ4n) is 0.427. The molecule has 0 heterocycles. The van der Waals surface area contributed by atoms with Crippen molar-refractivity contribution in [2.24, 2.45) is 11.5 Å². The molecule has 76 valence electrons. The lowest BCUT2D eigenvalue weighted by molar-refractivity contribution is -0.138. The molecule has 1 amide bonds. The first-order chi connectivity index (χ1) is 6.07. The van der Waals surface area contributed by atoms with Crippen molar-refractivity contribution >= 4 is 11.9 Å². The highest BCUT2D eigenvalue weighted by Gasteiger charge is 2.05. The van der Waals surface area contributed by atoms with Crippen molar-refractivity contribution in [2.45, 2.75) is 20.8 Å². The lowest BCUT2D eigenvalue weighted by atomic mass is 10.4. The number of rotatable bonds is 3. The molecule has 0 rings (SSSR count). The van der Waals surface area contributed by atoms with Gasteiger partial charge in [0.1, 0.15) is 5.70 Å². The van der Waals surface area contributed by atoms with Crippen molar-refractivity contribution < 1.29 is 14.3 Å². The van der Waals surface area contributed by atoms with E-state index < -0.39 is 11.9 Å². The molecule has 0 spiro atoms. The van der Waals surface area contributed by atoms with E-state index in [9.17, 15) is 9.59 Å². The third-order valence-electron chi connectivity index (χ3n) is 0.809. The highest BCUT2D eigenvalue weighted by Crippen LogP contribution is 1.87. The summed E-state index contributed by atoms with van der Waals surface area (Å²) in [6.45, 7) is 5.85. The van der Waals surface area contributed by atoms with E-state index in [-0.39, 0.29) is 12.3 Å². The summed E-state index contributed by atoms with van der Waals surface area (Å²) in [6.07, 6.45) is 0.817. The normalized spacial score (nSPS) is 9.62. The highest BCUT2D eigenvalue weighted by molar-refractivity contribution is 5.96. The maximum Gasteiger partial charge on any atom is 0.354 e. The Balaban J connectivity index is 0. The van der Waals surface area contributed by atoms with E-state index >= 15 is 0 Å². The van der Waals surface area contributed by atoms with E-state index in [4.69, 9.17) is 11.5 Å². The molecular weight excluding hydrogens is 172 g/mol. The van der Waals surface area contributed by atoms with Gasteiger partial charge in [-0.25, -0.2) is 4.79 Å². The molecule has 0 unspecified atom stereocenters. The van der Waals surface area contributed by atoms with Crippen molar-refractivity contribution in [3.8, 4) is 0 Å². The van der Waals surface area contributed by atoms with Crippen LogP contribution in [0.4, 0.5) is 0 Å². The minimum Gasteiger partial charge on any atom is -0.461 e. The zero-order valence-corrected chi connectivity index (χ0v) is 8.16. The first kappa shape index (κ1) is 14.0. The van der Waals surface area contributed by atoms with Gasteiger partial charge in [-0.15, -0.1) is 0 Å². The molecule has 0 aromatic rings. The van der Waals surface area contributed by atoms with Crippen molar-refractivity contribution in [1.29, 1.82) is 0 Å². The number of esters is 1. The summed E-state index contributed by atoms with van der Waals surface area (Å²) in [5, 5.41) is 0. The molecule has 0 atom stereocenters. The molecule has 0 aliphatic carbocycles. The summed E-state index contributed by atoms with van der Waals surface area (Å²) in [7, 11) is 0. The molecule has 5 heteroatoms. The summed E-state index contributed by atoms with van der Waals surface area (Å²) in [6, 6.07) is 0. The average molecular weight is 188 g/mol. The van der Waals surface area contributed by atoms with Crippen LogP contribution in [0.3, 0.4) is 0 Å². The van der Waals surface area contributed by atoms with Crippen LogP contribution in [0.15, 0.2) is 11.8 Å². The number of primary amides is 1. The molecule has 0 aliphatic heterocycles. The quantitative estimate of drug-likeness (QED) is 0.477. The Morgan fingerprint density at radius 2 is 1.77 bits per heavy atom. The Bertz CT molecular complexity index is 200. The van der Waals surface area contributed by atoms with Gasteiger partial charge in [-0.2, -0.15) is 0 Å². The van der Waals surface area contributed by atoms with Gasteiger partial charge in [0.25, 0.3) is 0 Å². The summed E-state index contributed by atoms with van der Waals surface area (Å²) in [5.41, 5.74) is 9.54. The number of carbonyl (C=O) groups excluding carboxylic acids is 2. The Kier molecular flexibility index (Phi) is 9.25. The molecule has 13 heavy (non-hydrogen) atoms. The summed E-state index contributed by atoms with van der Waals surface area (Å²) in [5.74, 6) is -1.50. The van der Waals surface area contributed by atoms with Crippen LogP contribution in [0.25, 0.3) is 0 Å². The van der Waals surface area contributed by atoms with Crippen LogP contribution in [-0.4, -0.2) is 18.5 Å². The molecular formula is C8H16N2O3. The SMILES string of the molecule is CC.CCOC(=O)/C(N)=C/C(N)=O. The van der Waals surface area contributed by atoms with Gasteiger partial charge >= 0.3 is 5.97 Å². The number of amides is 1. The van der Waals surface area contributed by atoms with Gasteiger partial charge in [0.15, 0.2) is 0 Å². The minimum atomic E-state index is -0.768. The fourth-order valence-corrected chi connectivity index (χ4v) is 0.427. The monoisotopic (exact) mass is 188 g/mol. The van der Waals surface area contributed by atoms with Gasteiger partial charge in [-0.05, 0) is 6.92 Å². The molecule has 0 aliphatic rings. The summed E-state index contributed by atoms with van der Waals surface area (Å²) < 4.78 is 4.46. The van der Waals surface area contributed by atoms with Crippen molar-refractivity contribution in [3.63, 3.8) is 0 Å². The van der Waals surface area contributed by atoms with Crippen LogP contribution in [-0.2, 0) is 14.3 Å². The number of carbonyl (C=O) groups is 2. The van der Waals surface area contributed by atoms with Gasteiger partial charge in [-0.1, -0.05) is 13.8 Å². The van der Waals surface area contributed by atoms with Gasteiger partial charge in [0.2, 0.25) is 5.91 Å². The van der Waals surface area contributed by atoms with Crippen molar-refractivity contribution in [2.75, 3.05) is 6.61 Å². The van der Waals surface area contributed by atoms with Crippen LogP contribution in [0.5, 0.6) is 0 Å². The predicted octanol–water partition coefficient (Wildman–Crippen LogP) is -0.0964. The Labute approximate surface area is 77.7 Å². The van der Waals surface area contributed by atoms with E-state index in [0.717, 1.165) is 6.08 Å². The van der Waals surface area contributed by atoms with Crippen LogP contribution in [0, 0.1) is 0 Å². The molecule has 0 saturated carbocycles. The largest absolute Gasteiger partial charge is 0.461 e. The average Bonchev–Trinajstić information content (AvgIpc) is 2.07. The molecule has 0 bridgehead atoms. The molecule has 4 N–H and O–H groups in total. The van der Waals surface area contributed by atoms with Crippen molar-refractivity contribution in [1.82, 2.24) is 0 Å². The standard InChI is InChI=1S/C6H10N2O3.C2H6/c1-2-11-6(10)4(7)3-5(8)9;1-2/h3H,2,7H2,1H3,(H2,8,9);1-2H3/b4-3-;. The second-order valence-electron chi connectivity index (χ2n) is 1.72. The Hall–Kier alpha value is -1.52. The van der Waals surface area contributed by atoms with Crippen LogP contribution in [0.2, 0.25) is 0 Å². The molecule has 0 radical (unpaired) electrons. The lowest BCUT2D eigenvalue weighted by Gasteiger charge is -1.98. The summed E-state index contributed by atoms with van der Waals surface area (Å²) in [4.78, 5) is 20.8. The predicted molar refractivity (Wildman–Crippen MR) is 49.4 cm³/mol. The van der Waals surface area contributed by atoms with Gasteiger partial charge in [0, 0.05) is 6.08 Å². The highest BCUT2D eigenvalue weighted by atomic mass is 16.5. The molecule has 5 nitrogen and oxygen atoms in total. The Morgan fingerprint density at radius 3 is 2.08 bits per heavy atom. The second kappa shape index (κ2) is 8.58. The first-order valence-corrected chi connectivity index (χ1v) is 4.01. The Morgan fingerprint density at radius 1 is 1.31 bits per heavy atom. The maximum absolute atomic E-state index is 10.7. The summed E-state index contributed by atoms with van der Waals surface area (Å²) >= 11 is 0. The van der Waals surface area contributed by atoms with Gasteiger partial charge < -0.3 is 16.2 Å². The third-order valence-corrected chi connectivity index (χ3v) is 0.809. The number of hydrogen-bond acceptors (Lipinski definition) is 4. The van der Waals surface area contributed by atoms with Gasteiger partial charge in [0.05, 0.1) is 6.61 Å². The van der Waals surface area contributed by atoms with Crippen LogP contribution < -0.4 is 11.5 Å². The molecule has 0 aromatic carbocycles. The van der Waals surface area contributed by atoms with Crippen molar-refractivity contribution in [3.05, 3.63) is 11.8 Å². The van der Waals surface area contributed by atoms with Gasteiger partial charge in [-0.3, -0.25) is 4.79 Å². The fraction of sp³-hybridized carbons (Fsp3) is 0.500. The zero-order chi connectivity index (χ0) is 10.9. The minimum absolute atomic E-state index is 0.214. The topological polar surface area (TPSA) is 95.4 Å². The maximum atomic E-state index is 10.7. The zero-order valence-electron chi connectivity index (χ0n) is 8.16. The molecule has 0 saturated heterocycles. The van der Waals surface area contributed by atoms with E-state index in [1.165, 1.54) is 0 Å². The van der Waals surface area contributed by atoms with E-state index in [1.807, 2.05) is 13.8 Å². The lowest BCUT2D eigenvalue weighted by Crippen LogP contribution is -2.18. The van der Waals surface area contributed by atoms with Crippen LogP contribution >= 0.6 is 0 Å². The number of hydrogen-bond donors (Lipinski definition) is 2. The van der Waals surface area contributed by atoms with E-state index in [1.54, 1.807) is 6.92 Å². The van der Waals surface area contributed by atoms with E-state index in [2.05, 4.69) is 4.74 Å². The van der Waals surface area contributed by atoms with E-state index in [0.29, 0.717) is 0 Å². The first-order valence-electron chi connectivity index (χ1n) is 4.01. The smallest absolute Gasteiger partial charge is 0.354 e. The number of ether oxygens (including phenoxy) is 1.